The van der Waals surface area contributed by atoms with Gasteiger partial charge in [0.2, 0.25) is 0 Å². The van der Waals surface area contributed by atoms with Crippen molar-refractivity contribution in [2.45, 2.75) is 38.8 Å². The molecule has 32 heavy (non-hydrogen) atoms. The number of methoxy groups -OCH3 is 1. The first-order valence-electron chi connectivity index (χ1n) is 10.4. The predicted octanol–water partition coefficient (Wildman–Crippen LogP) is 4.54. The number of carbonyl (C=O) groups excluding carboxylic acids is 2. The molecule has 3 amide bonds. The molecule has 0 radical (unpaired) electrons. The molecule has 1 unspecified atom stereocenters. The van der Waals surface area contributed by atoms with Gasteiger partial charge in [-0.05, 0) is 49.9 Å². The summed E-state index contributed by atoms with van der Waals surface area (Å²) in [5.41, 5.74) is 1.38. The highest BCUT2D eigenvalue weighted by molar-refractivity contribution is 7.12. The van der Waals surface area contributed by atoms with Gasteiger partial charge in [-0.1, -0.05) is 29.8 Å². The Morgan fingerprint density at radius 3 is 2.59 bits per heavy atom. The molecule has 172 valence electrons. The Kier molecular flexibility index (Phi) is 7.92. The van der Waals surface area contributed by atoms with Crippen molar-refractivity contribution in [1.82, 2.24) is 15.2 Å². The number of thiophene rings is 1. The zero-order valence-corrected chi connectivity index (χ0v) is 20.4. The van der Waals surface area contributed by atoms with Crippen LogP contribution in [0.2, 0.25) is 5.02 Å². The third kappa shape index (κ3) is 6.31. The fourth-order valence-electron chi connectivity index (χ4n) is 3.37. The van der Waals surface area contributed by atoms with E-state index in [2.05, 4.69) is 10.4 Å². The second-order valence-electron chi connectivity index (χ2n) is 8.63. The molecule has 3 rings (SSSR count). The molecule has 0 fully saturated rings. The predicted molar refractivity (Wildman–Crippen MR) is 128 cm³/mol. The minimum Gasteiger partial charge on any atom is -0.383 e. The van der Waals surface area contributed by atoms with Crippen molar-refractivity contribution < 1.29 is 14.3 Å². The number of hydrogen-bond acceptors (Lipinski definition) is 5. The van der Waals surface area contributed by atoms with Crippen LogP contribution >= 0.6 is 22.9 Å². The second-order valence-corrected chi connectivity index (χ2v) is 10.0. The van der Waals surface area contributed by atoms with Gasteiger partial charge in [-0.25, -0.2) is 9.80 Å². The molecule has 2 heterocycles. The monoisotopic (exact) mass is 476 g/mol. The van der Waals surface area contributed by atoms with Gasteiger partial charge in [0.25, 0.3) is 5.91 Å². The second kappa shape index (κ2) is 10.5. The highest BCUT2D eigenvalue weighted by atomic mass is 35.5. The summed E-state index contributed by atoms with van der Waals surface area (Å²) in [6.45, 7) is 6.22. The van der Waals surface area contributed by atoms with Crippen molar-refractivity contribution in [2.75, 3.05) is 26.8 Å². The number of carbonyl (C=O) groups is 2. The van der Waals surface area contributed by atoms with Gasteiger partial charge in [-0.2, -0.15) is 5.10 Å². The lowest BCUT2D eigenvalue weighted by Crippen LogP contribution is -2.52. The molecule has 1 aliphatic heterocycles. The van der Waals surface area contributed by atoms with E-state index in [1.54, 1.807) is 18.4 Å². The number of urea groups is 1. The van der Waals surface area contributed by atoms with Crippen LogP contribution in [0.3, 0.4) is 0 Å². The van der Waals surface area contributed by atoms with Crippen molar-refractivity contribution in [3.63, 3.8) is 0 Å². The molecule has 0 bridgehead atoms. The molecule has 1 aliphatic rings. The zero-order valence-electron chi connectivity index (χ0n) is 18.8. The molecule has 2 aromatic rings. The molecule has 0 saturated heterocycles. The minimum atomic E-state index is -0.421. The summed E-state index contributed by atoms with van der Waals surface area (Å²) in [5.74, 6) is -0.253. The van der Waals surface area contributed by atoms with E-state index < -0.39 is 5.54 Å². The summed E-state index contributed by atoms with van der Waals surface area (Å²) < 4.78 is 5.14. The summed E-state index contributed by atoms with van der Waals surface area (Å²) in [6, 6.07) is 10.8. The molecular formula is C23H29ClN4O3S. The Bertz CT molecular complexity index is 955. The van der Waals surface area contributed by atoms with Crippen LogP contribution in [0.5, 0.6) is 0 Å². The van der Waals surface area contributed by atoms with E-state index in [-0.39, 0.29) is 24.5 Å². The lowest BCUT2D eigenvalue weighted by Gasteiger charge is -2.30. The molecule has 7 nitrogen and oxygen atoms in total. The van der Waals surface area contributed by atoms with E-state index in [1.165, 1.54) is 9.91 Å². The molecule has 0 saturated carbocycles. The van der Waals surface area contributed by atoms with Gasteiger partial charge in [0.05, 0.1) is 23.2 Å². The maximum Gasteiger partial charge on any atom is 0.318 e. The van der Waals surface area contributed by atoms with Crippen molar-refractivity contribution in [1.29, 1.82) is 0 Å². The van der Waals surface area contributed by atoms with Crippen LogP contribution in [0.1, 0.15) is 43.7 Å². The number of nitrogens with zero attached hydrogens (tertiary/aromatic N) is 3. The van der Waals surface area contributed by atoms with Crippen LogP contribution in [0.15, 0.2) is 46.9 Å². The number of nitrogens with one attached hydrogen (secondary N) is 1. The Hall–Kier alpha value is -2.42. The van der Waals surface area contributed by atoms with E-state index in [4.69, 9.17) is 16.3 Å². The zero-order chi connectivity index (χ0) is 23.3. The molecular weight excluding hydrogens is 448 g/mol. The highest BCUT2D eigenvalue weighted by Crippen LogP contribution is 2.34. The standard InChI is InChI=1S/C23H29ClN4O3S/c1-23(2,3)25-22(30)27(11-12-31-4)15-21(29)28-19(16-7-9-17(24)10-8-16)14-18(26-28)20-6-5-13-32-20/h5-10,13,19H,11-12,14-15H2,1-4H3,(H,25,30). The van der Waals surface area contributed by atoms with Gasteiger partial charge in [-0.3, -0.25) is 4.79 Å². The number of amides is 3. The fourth-order valence-corrected chi connectivity index (χ4v) is 4.21. The van der Waals surface area contributed by atoms with E-state index in [1.807, 2.05) is 62.5 Å². The summed E-state index contributed by atoms with van der Waals surface area (Å²) in [7, 11) is 1.57. The lowest BCUT2D eigenvalue weighted by molar-refractivity contribution is -0.133. The lowest BCUT2D eigenvalue weighted by atomic mass is 10.0. The largest absolute Gasteiger partial charge is 0.383 e. The van der Waals surface area contributed by atoms with Gasteiger partial charge >= 0.3 is 6.03 Å². The van der Waals surface area contributed by atoms with Gasteiger partial charge in [0, 0.05) is 30.6 Å². The summed E-state index contributed by atoms with van der Waals surface area (Å²) in [4.78, 5) is 28.7. The molecule has 0 spiro atoms. The third-order valence-electron chi connectivity index (χ3n) is 4.89. The van der Waals surface area contributed by atoms with Crippen LogP contribution in [0.25, 0.3) is 0 Å². The number of hydrazone groups is 1. The maximum absolute atomic E-state index is 13.4. The topological polar surface area (TPSA) is 74.2 Å². The van der Waals surface area contributed by atoms with Crippen LogP contribution in [-0.2, 0) is 9.53 Å². The molecule has 9 heteroatoms. The number of ether oxygens (including phenoxy) is 1. The number of halogens is 1. The third-order valence-corrected chi connectivity index (χ3v) is 6.06. The number of benzene rings is 1. The first-order chi connectivity index (χ1) is 15.2. The van der Waals surface area contributed by atoms with Crippen molar-refractivity contribution >= 4 is 40.6 Å². The van der Waals surface area contributed by atoms with Crippen LogP contribution in [-0.4, -0.2) is 59.9 Å². The average Bonchev–Trinajstić information content (AvgIpc) is 3.40. The van der Waals surface area contributed by atoms with E-state index in [0.717, 1.165) is 16.2 Å². The van der Waals surface area contributed by atoms with Gasteiger partial charge in [-0.15, -0.1) is 11.3 Å². The van der Waals surface area contributed by atoms with Crippen LogP contribution in [0, 0.1) is 0 Å². The first-order valence-corrected chi connectivity index (χ1v) is 11.7. The maximum atomic E-state index is 13.4. The fraction of sp³-hybridized carbons (Fsp3) is 0.435. The summed E-state index contributed by atoms with van der Waals surface area (Å²) in [5, 5.41) is 11.7. The van der Waals surface area contributed by atoms with Crippen molar-refractivity contribution in [2.24, 2.45) is 5.10 Å². The molecule has 1 atom stereocenters. The quantitative estimate of drug-likeness (QED) is 0.637. The van der Waals surface area contributed by atoms with Crippen molar-refractivity contribution in [3.05, 3.63) is 57.2 Å². The van der Waals surface area contributed by atoms with Crippen LogP contribution in [0.4, 0.5) is 4.79 Å². The van der Waals surface area contributed by atoms with E-state index in [9.17, 15) is 9.59 Å². The minimum absolute atomic E-state index is 0.101. The van der Waals surface area contributed by atoms with E-state index >= 15 is 0 Å². The smallest absolute Gasteiger partial charge is 0.318 e. The first kappa shape index (κ1) is 24.2. The summed E-state index contributed by atoms with van der Waals surface area (Å²) >= 11 is 7.65. The summed E-state index contributed by atoms with van der Waals surface area (Å²) in [6.07, 6.45) is 0.597. The van der Waals surface area contributed by atoms with Gasteiger partial charge in [0.1, 0.15) is 6.54 Å². The molecule has 0 aliphatic carbocycles. The highest BCUT2D eigenvalue weighted by Gasteiger charge is 2.35. The van der Waals surface area contributed by atoms with E-state index in [0.29, 0.717) is 24.6 Å². The van der Waals surface area contributed by atoms with Crippen LogP contribution < -0.4 is 5.32 Å². The molecule has 1 aromatic heterocycles. The Balaban J connectivity index is 1.84. The molecule has 1 N–H and O–H groups in total. The SMILES string of the molecule is COCCN(CC(=O)N1N=C(c2cccs2)CC1c1ccc(Cl)cc1)C(=O)NC(C)(C)C. The Morgan fingerprint density at radius 1 is 1.28 bits per heavy atom. The number of hydrogen-bond donors (Lipinski definition) is 1. The van der Waals surface area contributed by atoms with Gasteiger partial charge < -0.3 is 15.0 Å². The average molecular weight is 477 g/mol. The molecule has 1 aromatic carbocycles. The van der Waals surface area contributed by atoms with Gasteiger partial charge in [0.15, 0.2) is 0 Å². The normalized spacial score (nSPS) is 16.1. The van der Waals surface area contributed by atoms with Crippen molar-refractivity contribution in [3.8, 4) is 0 Å². The number of rotatable bonds is 7. The Morgan fingerprint density at radius 2 is 2.00 bits per heavy atom. The Labute approximate surface area is 198 Å².